The van der Waals surface area contributed by atoms with Gasteiger partial charge in [0.1, 0.15) is 0 Å². The van der Waals surface area contributed by atoms with Crippen molar-refractivity contribution < 1.29 is 9.53 Å². The molecule has 0 unspecified atom stereocenters. The summed E-state index contributed by atoms with van der Waals surface area (Å²) in [7, 11) is 0. The molecule has 2 heterocycles. The van der Waals surface area contributed by atoms with Gasteiger partial charge in [-0.1, -0.05) is 70.9 Å². The number of ether oxygens (including phenoxy) is 1. The van der Waals surface area contributed by atoms with Crippen molar-refractivity contribution in [2.24, 2.45) is 4.99 Å². The first-order valence-electron chi connectivity index (χ1n) is 9.60. The lowest BCUT2D eigenvalue weighted by Gasteiger charge is -2.24. The van der Waals surface area contributed by atoms with Crippen LogP contribution in [0.5, 0.6) is 0 Å². The van der Waals surface area contributed by atoms with Crippen LogP contribution in [0.15, 0.2) is 69.6 Å². The van der Waals surface area contributed by atoms with Gasteiger partial charge in [0.15, 0.2) is 4.80 Å². The molecule has 5 nitrogen and oxygen atoms in total. The summed E-state index contributed by atoms with van der Waals surface area (Å²) in [5, 5.41) is 0.962. The Bertz CT molecular complexity index is 1370. The predicted octanol–water partition coefficient (Wildman–Crippen LogP) is 4.11. The van der Waals surface area contributed by atoms with Gasteiger partial charge in [0.05, 0.1) is 28.5 Å². The zero-order chi connectivity index (χ0) is 22.1. The molecule has 8 heteroatoms. The minimum absolute atomic E-state index is 0.233. The van der Waals surface area contributed by atoms with Crippen LogP contribution in [-0.4, -0.2) is 17.1 Å². The number of hydrogen-bond donors (Lipinski definition) is 0. The highest BCUT2D eigenvalue weighted by atomic mass is 35.5. The van der Waals surface area contributed by atoms with Crippen molar-refractivity contribution in [3.05, 3.63) is 101 Å². The van der Waals surface area contributed by atoms with Crippen molar-refractivity contribution in [3.8, 4) is 0 Å². The topological polar surface area (TPSA) is 60.7 Å². The maximum Gasteiger partial charge on any atom is 0.338 e. The van der Waals surface area contributed by atoms with E-state index >= 15 is 0 Å². The SMILES string of the molecule is CCOC(=O)C1=C(C)N=c2s/c(=C/c3ccc(Cl)cc3Cl)c(=O)n2[C@H]1c1ccccc1. The van der Waals surface area contributed by atoms with Crippen LogP contribution in [0.1, 0.15) is 31.0 Å². The van der Waals surface area contributed by atoms with Crippen molar-refractivity contribution in [1.29, 1.82) is 0 Å². The van der Waals surface area contributed by atoms with Gasteiger partial charge in [-0.3, -0.25) is 9.36 Å². The monoisotopic (exact) mass is 472 g/mol. The van der Waals surface area contributed by atoms with Crippen molar-refractivity contribution in [1.82, 2.24) is 4.57 Å². The van der Waals surface area contributed by atoms with Crippen molar-refractivity contribution in [2.75, 3.05) is 6.61 Å². The third-order valence-corrected chi connectivity index (χ3v) is 6.43. The van der Waals surface area contributed by atoms with Gasteiger partial charge in [0.25, 0.3) is 5.56 Å². The average Bonchev–Trinajstić information content (AvgIpc) is 3.04. The summed E-state index contributed by atoms with van der Waals surface area (Å²) in [6.07, 6.45) is 1.72. The Balaban J connectivity index is 1.96. The number of benzene rings is 2. The molecule has 0 saturated heterocycles. The highest BCUT2D eigenvalue weighted by Gasteiger charge is 2.33. The van der Waals surface area contributed by atoms with E-state index in [-0.39, 0.29) is 12.2 Å². The summed E-state index contributed by atoms with van der Waals surface area (Å²) in [6.45, 7) is 3.74. The minimum Gasteiger partial charge on any atom is -0.463 e. The molecule has 158 valence electrons. The summed E-state index contributed by atoms with van der Waals surface area (Å²) < 4.78 is 7.29. The molecule has 1 aliphatic rings. The van der Waals surface area contributed by atoms with Crippen LogP contribution in [0.3, 0.4) is 0 Å². The van der Waals surface area contributed by atoms with Crippen LogP contribution in [0.4, 0.5) is 0 Å². The summed E-state index contributed by atoms with van der Waals surface area (Å²) in [5.74, 6) is -0.479. The first-order valence-corrected chi connectivity index (χ1v) is 11.2. The zero-order valence-corrected chi connectivity index (χ0v) is 19.1. The molecule has 31 heavy (non-hydrogen) atoms. The number of nitrogens with zero attached hydrogens (tertiary/aromatic N) is 2. The number of thiazole rings is 1. The van der Waals surface area contributed by atoms with Gasteiger partial charge in [0, 0.05) is 10.0 Å². The lowest BCUT2D eigenvalue weighted by Crippen LogP contribution is -2.39. The van der Waals surface area contributed by atoms with Gasteiger partial charge >= 0.3 is 5.97 Å². The fraction of sp³-hybridized carbons (Fsp3) is 0.174. The molecule has 1 atom stereocenters. The number of rotatable bonds is 4. The Morgan fingerprint density at radius 2 is 1.97 bits per heavy atom. The molecule has 0 fully saturated rings. The van der Waals surface area contributed by atoms with Gasteiger partial charge < -0.3 is 4.74 Å². The normalized spacial score (nSPS) is 16.1. The van der Waals surface area contributed by atoms with Gasteiger partial charge in [0.2, 0.25) is 0 Å². The smallest absolute Gasteiger partial charge is 0.338 e. The molecule has 0 spiro atoms. The quantitative estimate of drug-likeness (QED) is 0.536. The Kier molecular flexibility index (Phi) is 6.14. The van der Waals surface area contributed by atoms with Gasteiger partial charge in [-0.05, 0) is 43.2 Å². The van der Waals surface area contributed by atoms with Gasteiger partial charge in [-0.25, -0.2) is 9.79 Å². The molecule has 2 aromatic carbocycles. The maximum atomic E-state index is 13.5. The zero-order valence-electron chi connectivity index (χ0n) is 16.8. The second kappa shape index (κ2) is 8.83. The summed E-state index contributed by atoms with van der Waals surface area (Å²) >= 11 is 13.5. The van der Waals surface area contributed by atoms with Gasteiger partial charge in [-0.15, -0.1) is 0 Å². The van der Waals surface area contributed by atoms with Crippen molar-refractivity contribution in [3.63, 3.8) is 0 Å². The molecule has 1 aliphatic heterocycles. The largest absolute Gasteiger partial charge is 0.463 e. The second-order valence-corrected chi connectivity index (χ2v) is 8.73. The molecule has 0 aliphatic carbocycles. The summed E-state index contributed by atoms with van der Waals surface area (Å²) in [6, 6.07) is 13.9. The van der Waals surface area contributed by atoms with Gasteiger partial charge in [-0.2, -0.15) is 0 Å². The van der Waals surface area contributed by atoms with Crippen molar-refractivity contribution in [2.45, 2.75) is 19.9 Å². The summed E-state index contributed by atoms with van der Waals surface area (Å²) in [5.41, 5.74) is 2.12. The number of halogens is 2. The van der Waals surface area contributed by atoms with E-state index in [1.54, 1.807) is 42.7 Å². The van der Waals surface area contributed by atoms with E-state index in [9.17, 15) is 9.59 Å². The average molecular weight is 473 g/mol. The van der Waals surface area contributed by atoms with Crippen LogP contribution in [0.25, 0.3) is 6.08 Å². The fourth-order valence-electron chi connectivity index (χ4n) is 3.50. The van der Waals surface area contributed by atoms with E-state index in [1.165, 1.54) is 11.3 Å². The number of esters is 1. The number of carbonyl (C=O) groups is 1. The van der Waals surface area contributed by atoms with E-state index in [0.717, 1.165) is 5.56 Å². The third kappa shape index (κ3) is 4.11. The van der Waals surface area contributed by atoms with E-state index in [1.807, 2.05) is 30.3 Å². The highest BCUT2D eigenvalue weighted by Crippen LogP contribution is 2.30. The van der Waals surface area contributed by atoms with Crippen LogP contribution < -0.4 is 14.9 Å². The number of aromatic nitrogens is 1. The Morgan fingerprint density at radius 3 is 2.65 bits per heavy atom. The van der Waals surface area contributed by atoms with Crippen LogP contribution in [-0.2, 0) is 9.53 Å². The van der Waals surface area contributed by atoms with Crippen molar-refractivity contribution >= 4 is 46.6 Å². The molecular formula is C23H18Cl2N2O3S. The molecule has 0 saturated carbocycles. The second-order valence-electron chi connectivity index (χ2n) is 6.88. The molecule has 3 aromatic rings. The predicted molar refractivity (Wildman–Crippen MR) is 123 cm³/mol. The Morgan fingerprint density at radius 1 is 1.23 bits per heavy atom. The Labute approximate surface area is 192 Å². The number of fused-ring (bicyclic) bond motifs is 1. The molecule has 0 N–H and O–H groups in total. The molecule has 0 amide bonds. The van der Waals surface area contributed by atoms with E-state index in [0.29, 0.717) is 36.2 Å². The summed E-state index contributed by atoms with van der Waals surface area (Å²) in [4.78, 5) is 31.3. The maximum absolute atomic E-state index is 13.5. The third-order valence-electron chi connectivity index (χ3n) is 4.88. The fourth-order valence-corrected chi connectivity index (χ4v) is 5.00. The lowest BCUT2D eigenvalue weighted by atomic mass is 9.96. The lowest BCUT2D eigenvalue weighted by molar-refractivity contribution is -0.139. The minimum atomic E-state index is -0.626. The molecular weight excluding hydrogens is 455 g/mol. The van der Waals surface area contributed by atoms with Crippen LogP contribution >= 0.6 is 34.5 Å². The van der Waals surface area contributed by atoms with Crippen LogP contribution in [0.2, 0.25) is 10.0 Å². The Hall–Kier alpha value is -2.67. The highest BCUT2D eigenvalue weighted by molar-refractivity contribution is 7.07. The molecule has 4 rings (SSSR count). The van der Waals surface area contributed by atoms with E-state index < -0.39 is 12.0 Å². The molecule has 1 aromatic heterocycles. The molecule has 0 radical (unpaired) electrons. The van der Waals surface area contributed by atoms with E-state index in [4.69, 9.17) is 27.9 Å². The van der Waals surface area contributed by atoms with Crippen LogP contribution in [0, 0.1) is 0 Å². The number of hydrogen-bond acceptors (Lipinski definition) is 5. The first-order chi connectivity index (χ1) is 14.9. The van der Waals surface area contributed by atoms with E-state index in [2.05, 4.69) is 4.99 Å². The molecule has 0 bridgehead atoms. The number of allylic oxidation sites excluding steroid dienone is 1. The number of carbonyl (C=O) groups excluding carboxylic acids is 1. The standard InChI is InChI=1S/C23H18Cl2N2O3S/c1-3-30-22(29)19-13(2)26-23-27(20(19)14-7-5-4-6-8-14)21(28)18(31-23)11-15-9-10-16(24)12-17(15)25/h4-12,20H,3H2,1-2H3/b18-11+/t20-/m0/s1. The first kappa shape index (κ1) is 21.6.